The molecule has 0 spiro atoms. The molecule has 0 heterocycles. The minimum absolute atomic E-state index is 0.155. The van der Waals surface area contributed by atoms with E-state index >= 15 is 0 Å². The number of ether oxygens (including phenoxy) is 1. The average molecular weight is 235 g/mol. The number of benzene rings is 2. The topological polar surface area (TPSA) is 35.2 Å². The molecular weight excluding hydrogens is 224 g/mol. The monoisotopic (exact) mass is 235 g/mol. The van der Waals surface area contributed by atoms with Crippen LogP contribution in [0.5, 0.6) is 11.5 Å². The number of nitrogens with two attached hydrogens (primary N) is 1. The van der Waals surface area contributed by atoms with Crippen molar-refractivity contribution in [3.63, 3.8) is 0 Å². The van der Waals surface area contributed by atoms with Crippen LogP contribution < -0.4 is 10.5 Å². The first kappa shape index (κ1) is 11.5. The molecule has 88 valence electrons. The standard InChI is InChI=1S/C13H11F2NO/c14-10-2-1-3-12(7-10)17-13-5-4-11(15)6-9(13)8-16/h1-7H,8,16H2. The molecule has 2 aromatic carbocycles. The molecule has 0 aromatic heterocycles. The van der Waals surface area contributed by atoms with E-state index < -0.39 is 0 Å². The van der Waals surface area contributed by atoms with Crippen molar-refractivity contribution < 1.29 is 13.5 Å². The van der Waals surface area contributed by atoms with E-state index in [4.69, 9.17) is 10.5 Å². The molecule has 0 bridgehead atoms. The van der Waals surface area contributed by atoms with E-state index in [0.717, 1.165) is 0 Å². The highest BCUT2D eigenvalue weighted by Gasteiger charge is 2.05. The number of halogens is 2. The molecule has 4 heteroatoms. The first-order valence-electron chi connectivity index (χ1n) is 5.11. The lowest BCUT2D eigenvalue weighted by Gasteiger charge is -2.09. The Kier molecular flexibility index (Phi) is 3.35. The molecule has 0 saturated carbocycles. The molecule has 2 nitrogen and oxygen atoms in total. The van der Waals surface area contributed by atoms with E-state index in [1.54, 1.807) is 6.07 Å². The van der Waals surface area contributed by atoms with Gasteiger partial charge in [0.1, 0.15) is 23.1 Å². The van der Waals surface area contributed by atoms with Crippen molar-refractivity contribution >= 4 is 0 Å². The quantitative estimate of drug-likeness (QED) is 0.886. The minimum atomic E-state index is -0.390. The maximum Gasteiger partial charge on any atom is 0.132 e. The summed E-state index contributed by atoms with van der Waals surface area (Å²) >= 11 is 0. The van der Waals surface area contributed by atoms with Gasteiger partial charge in [-0.25, -0.2) is 8.78 Å². The van der Waals surface area contributed by atoms with Crippen molar-refractivity contribution in [3.8, 4) is 11.5 Å². The van der Waals surface area contributed by atoms with Crippen LogP contribution in [-0.2, 0) is 6.54 Å². The zero-order chi connectivity index (χ0) is 12.3. The van der Waals surface area contributed by atoms with Gasteiger partial charge in [-0.15, -0.1) is 0 Å². The Hall–Kier alpha value is -1.94. The molecule has 0 aliphatic carbocycles. The van der Waals surface area contributed by atoms with Gasteiger partial charge >= 0.3 is 0 Å². The lowest BCUT2D eigenvalue weighted by molar-refractivity contribution is 0.468. The van der Waals surface area contributed by atoms with Crippen LogP contribution in [0.15, 0.2) is 42.5 Å². The van der Waals surface area contributed by atoms with Crippen LogP contribution in [0.25, 0.3) is 0 Å². The van der Waals surface area contributed by atoms with E-state index in [0.29, 0.717) is 17.1 Å². The molecule has 0 unspecified atom stereocenters. The van der Waals surface area contributed by atoms with E-state index in [2.05, 4.69) is 0 Å². The second-order valence-electron chi connectivity index (χ2n) is 3.52. The summed E-state index contributed by atoms with van der Waals surface area (Å²) in [5.74, 6) is 0.0155. The van der Waals surface area contributed by atoms with Crippen molar-refractivity contribution in [2.45, 2.75) is 6.54 Å². The van der Waals surface area contributed by atoms with Crippen LogP contribution >= 0.6 is 0 Å². The summed E-state index contributed by atoms with van der Waals surface area (Å²) in [6.45, 7) is 0.155. The number of hydrogen-bond donors (Lipinski definition) is 1. The van der Waals surface area contributed by atoms with Crippen LogP contribution in [0.4, 0.5) is 8.78 Å². The van der Waals surface area contributed by atoms with Gasteiger partial charge in [0.05, 0.1) is 0 Å². The highest BCUT2D eigenvalue weighted by Crippen LogP contribution is 2.26. The van der Waals surface area contributed by atoms with Crippen LogP contribution in [0.3, 0.4) is 0 Å². The summed E-state index contributed by atoms with van der Waals surface area (Å²) in [6.07, 6.45) is 0. The third-order valence-electron chi connectivity index (χ3n) is 2.27. The Morgan fingerprint density at radius 1 is 1.00 bits per heavy atom. The zero-order valence-corrected chi connectivity index (χ0v) is 8.99. The molecule has 2 N–H and O–H groups in total. The van der Waals surface area contributed by atoms with Crippen LogP contribution in [0, 0.1) is 11.6 Å². The predicted octanol–water partition coefficient (Wildman–Crippen LogP) is 3.22. The van der Waals surface area contributed by atoms with Gasteiger partial charge in [-0.1, -0.05) is 6.07 Å². The molecule has 0 radical (unpaired) electrons. The van der Waals surface area contributed by atoms with Gasteiger partial charge in [0.15, 0.2) is 0 Å². The predicted molar refractivity (Wildman–Crippen MR) is 60.8 cm³/mol. The average Bonchev–Trinajstić information content (AvgIpc) is 2.31. The Morgan fingerprint density at radius 3 is 2.47 bits per heavy atom. The Morgan fingerprint density at radius 2 is 1.76 bits per heavy atom. The van der Waals surface area contributed by atoms with Crippen molar-refractivity contribution in [2.75, 3.05) is 0 Å². The van der Waals surface area contributed by atoms with Crippen LogP contribution in [0.2, 0.25) is 0 Å². The van der Waals surface area contributed by atoms with Crippen LogP contribution in [0.1, 0.15) is 5.56 Å². The van der Waals surface area contributed by atoms with E-state index in [9.17, 15) is 8.78 Å². The smallest absolute Gasteiger partial charge is 0.132 e. The fourth-order valence-electron chi connectivity index (χ4n) is 1.46. The number of rotatable bonds is 3. The lowest BCUT2D eigenvalue weighted by Crippen LogP contribution is -2.00. The van der Waals surface area contributed by atoms with Crippen molar-refractivity contribution in [2.24, 2.45) is 5.73 Å². The Balaban J connectivity index is 2.29. The summed E-state index contributed by atoms with van der Waals surface area (Å²) in [6, 6.07) is 9.78. The first-order chi connectivity index (χ1) is 8.19. The zero-order valence-electron chi connectivity index (χ0n) is 8.99. The normalized spacial score (nSPS) is 10.3. The second kappa shape index (κ2) is 4.93. The van der Waals surface area contributed by atoms with Crippen LogP contribution in [-0.4, -0.2) is 0 Å². The highest BCUT2D eigenvalue weighted by molar-refractivity contribution is 5.38. The van der Waals surface area contributed by atoms with Gasteiger partial charge in [-0.2, -0.15) is 0 Å². The first-order valence-corrected chi connectivity index (χ1v) is 5.11. The SMILES string of the molecule is NCc1cc(F)ccc1Oc1cccc(F)c1. The van der Waals surface area contributed by atoms with Gasteiger partial charge in [0.2, 0.25) is 0 Å². The molecule has 0 atom stereocenters. The van der Waals surface area contributed by atoms with Gasteiger partial charge in [-0.3, -0.25) is 0 Å². The van der Waals surface area contributed by atoms with Gasteiger partial charge in [-0.05, 0) is 30.3 Å². The van der Waals surface area contributed by atoms with E-state index in [1.807, 2.05) is 0 Å². The molecule has 0 fully saturated rings. The molecular formula is C13H11F2NO. The summed E-state index contributed by atoms with van der Waals surface area (Å²) in [5.41, 5.74) is 6.02. The minimum Gasteiger partial charge on any atom is -0.457 e. The highest BCUT2D eigenvalue weighted by atomic mass is 19.1. The summed E-state index contributed by atoms with van der Waals surface area (Å²) < 4.78 is 31.4. The molecule has 0 amide bonds. The Labute approximate surface area is 97.6 Å². The van der Waals surface area contributed by atoms with E-state index in [1.165, 1.54) is 36.4 Å². The van der Waals surface area contributed by atoms with E-state index in [-0.39, 0.29) is 18.2 Å². The maximum atomic E-state index is 13.0. The largest absolute Gasteiger partial charge is 0.457 e. The molecule has 0 aliphatic rings. The number of hydrogen-bond acceptors (Lipinski definition) is 2. The molecule has 0 aliphatic heterocycles. The summed E-state index contributed by atoms with van der Waals surface area (Å²) in [5, 5.41) is 0. The lowest BCUT2D eigenvalue weighted by atomic mass is 10.2. The molecule has 17 heavy (non-hydrogen) atoms. The fourth-order valence-corrected chi connectivity index (χ4v) is 1.46. The molecule has 0 saturated heterocycles. The Bertz CT molecular complexity index is 529. The summed E-state index contributed by atoms with van der Waals surface area (Å²) in [7, 11) is 0. The van der Waals surface area contributed by atoms with Gasteiger partial charge in [0, 0.05) is 18.2 Å². The fraction of sp³-hybridized carbons (Fsp3) is 0.0769. The third-order valence-corrected chi connectivity index (χ3v) is 2.27. The third kappa shape index (κ3) is 2.79. The van der Waals surface area contributed by atoms with Gasteiger partial charge < -0.3 is 10.5 Å². The van der Waals surface area contributed by atoms with Crippen molar-refractivity contribution in [1.82, 2.24) is 0 Å². The van der Waals surface area contributed by atoms with Gasteiger partial charge in [0.25, 0.3) is 0 Å². The second-order valence-corrected chi connectivity index (χ2v) is 3.52. The van der Waals surface area contributed by atoms with Crippen molar-refractivity contribution in [1.29, 1.82) is 0 Å². The van der Waals surface area contributed by atoms with Crippen molar-refractivity contribution in [3.05, 3.63) is 59.7 Å². The molecule has 2 aromatic rings. The summed E-state index contributed by atoms with van der Waals surface area (Å²) in [4.78, 5) is 0. The maximum absolute atomic E-state index is 13.0. The molecule has 2 rings (SSSR count).